The zero-order chi connectivity index (χ0) is 21.4. The third-order valence-electron chi connectivity index (χ3n) is 5.72. The van der Waals surface area contributed by atoms with Crippen molar-refractivity contribution in [1.29, 1.82) is 0 Å². The van der Waals surface area contributed by atoms with Gasteiger partial charge in [-0.3, -0.25) is 0 Å². The maximum Gasteiger partial charge on any atom is 0.412 e. The van der Waals surface area contributed by atoms with Crippen LogP contribution in [0.1, 0.15) is 49.3 Å². The highest BCUT2D eigenvalue weighted by molar-refractivity contribution is 5.90. The zero-order valence-corrected chi connectivity index (χ0v) is 16.5. The van der Waals surface area contributed by atoms with Crippen LogP contribution in [0.5, 0.6) is 0 Å². The van der Waals surface area contributed by atoms with E-state index in [0.29, 0.717) is 12.0 Å². The lowest BCUT2D eigenvalue weighted by atomic mass is 9.69. The Morgan fingerprint density at radius 3 is 2.43 bits per heavy atom. The van der Waals surface area contributed by atoms with Crippen LogP contribution in [0.3, 0.4) is 0 Å². The molecular weight excluding hydrogens is 390 g/mol. The van der Waals surface area contributed by atoms with Crippen molar-refractivity contribution in [3.05, 3.63) is 70.8 Å². The number of halogens is 2. The highest BCUT2D eigenvalue weighted by atomic mass is 19.1. The van der Waals surface area contributed by atoms with Crippen molar-refractivity contribution in [2.45, 2.75) is 43.7 Å². The molecule has 1 fully saturated rings. The molecule has 1 amide bonds. The van der Waals surface area contributed by atoms with Gasteiger partial charge in [0.05, 0.1) is 5.54 Å². The molecule has 0 aromatic heterocycles. The number of carboxylic acid groups (broad SMARTS) is 1. The Kier molecular flexibility index (Phi) is 5.05. The van der Waals surface area contributed by atoms with Crippen LogP contribution in [0.25, 0.3) is 12.2 Å². The Morgan fingerprint density at radius 1 is 1.13 bits per heavy atom. The van der Waals surface area contributed by atoms with Crippen LogP contribution < -0.4 is 5.32 Å². The fraction of sp³-hybridized carbons (Fsp3) is 0.304. The highest BCUT2D eigenvalue weighted by Crippen LogP contribution is 2.49. The van der Waals surface area contributed by atoms with Crippen molar-refractivity contribution < 1.29 is 23.4 Å². The number of ether oxygens (including phenoxy) is 1. The first-order valence-electron chi connectivity index (χ1n) is 9.80. The van der Waals surface area contributed by atoms with E-state index in [-0.39, 0.29) is 11.8 Å². The van der Waals surface area contributed by atoms with Gasteiger partial charge in [-0.1, -0.05) is 30.4 Å². The van der Waals surface area contributed by atoms with Gasteiger partial charge in [0.25, 0.3) is 6.02 Å². The summed E-state index contributed by atoms with van der Waals surface area (Å²) in [5, 5.41) is 11.3. The van der Waals surface area contributed by atoms with Crippen LogP contribution in [0, 0.1) is 11.6 Å². The Labute approximate surface area is 173 Å². The van der Waals surface area contributed by atoms with Gasteiger partial charge in [-0.05, 0) is 61.6 Å². The number of carbonyl (C=O) groups is 1. The highest BCUT2D eigenvalue weighted by Gasteiger charge is 2.50. The number of nitrogens with one attached hydrogen (secondary N) is 1. The third-order valence-corrected chi connectivity index (χ3v) is 5.72. The second kappa shape index (κ2) is 7.55. The molecule has 7 heteroatoms. The molecule has 1 aliphatic carbocycles. The Hall–Kier alpha value is -3.22. The number of aliphatic imine (C=N–C) groups is 1. The minimum atomic E-state index is -1.27. The summed E-state index contributed by atoms with van der Waals surface area (Å²) in [4.78, 5) is 15.5. The van der Waals surface area contributed by atoms with Crippen molar-refractivity contribution >= 4 is 24.3 Å². The van der Waals surface area contributed by atoms with Gasteiger partial charge in [-0.25, -0.2) is 23.9 Å². The zero-order valence-electron chi connectivity index (χ0n) is 16.5. The molecule has 2 aromatic carbocycles. The molecule has 4 rings (SSSR count). The fourth-order valence-electron chi connectivity index (χ4n) is 4.13. The van der Waals surface area contributed by atoms with E-state index < -0.39 is 23.1 Å². The average molecular weight is 412 g/mol. The molecule has 156 valence electrons. The Balaban J connectivity index is 1.68. The van der Waals surface area contributed by atoms with Gasteiger partial charge in [0.15, 0.2) is 0 Å². The monoisotopic (exact) mass is 412 g/mol. The van der Waals surface area contributed by atoms with Gasteiger partial charge in [-0.15, -0.1) is 0 Å². The Morgan fingerprint density at radius 2 is 1.80 bits per heavy atom. The molecular formula is C23H22F2N2O3. The summed E-state index contributed by atoms with van der Waals surface area (Å²) >= 11 is 0. The lowest BCUT2D eigenvalue weighted by Crippen LogP contribution is -2.54. The van der Waals surface area contributed by atoms with E-state index in [1.54, 1.807) is 31.2 Å². The quantitative estimate of drug-likeness (QED) is 0.671. The molecule has 0 bridgehead atoms. The lowest BCUT2D eigenvalue weighted by Gasteiger charge is -2.49. The molecule has 0 unspecified atom stereocenters. The van der Waals surface area contributed by atoms with Gasteiger partial charge in [-0.2, -0.15) is 0 Å². The van der Waals surface area contributed by atoms with E-state index in [1.807, 2.05) is 12.2 Å². The normalized spacial score (nSPS) is 22.3. The smallest absolute Gasteiger partial charge is 0.412 e. The molecule has 1 spiro atoms. The molecule has 5 nitrogen and oxygen atoms in total. The van der Waals surface area contributed by atoms with Crippen molar-refractivity contribution in [2.75, 3.05) is 0 Å². The maximum atomic E-state index is 14.9. The predicted molar refractivity (Wildman–Crippen MR) is 110 cm³/mol. The van der Waals surface area contributed by atoms with Gasteiger partial charge in [0.2, 0.25) is 0 Å². The number of hydrogen-bond donors (Lipinski definition) is 2. The molecule has 0 saturated heterocycles. The summed E-state index contributed by atoms with van der Waals surface area (Å²) in [5.74, 6) is -0.719. The SMILES string of the molecule is C[C@@]1(c2cc(/C=C/c3ccc(F)cc3)ccc2F)CC2(CCC2)OC(NC(=O)O)=N1. The predicted octanol–water partition coefficient (Wildman–Crippen LogP) is 5.32. The number of amidine groups is 1. The summed E-state index contributed by atoms with van der Waals surface area (Å²) in [6.45, 7) is 1.80. The average Bonchev–Trinajstić information content (AvgIpc) is 2.66. The van der Waals surface area contributed by atoms with Crippen LogP contribution in [0.2, 0.25) is 0 Å². The van der Waals surface area contributed by atoms with Crippen molar-refractivity contribution in [3.63, 3.8) is 0 Å². The molecule has 2 aromatic rings. The maximum absolute atomic E-state index is 14.9. The van der Waals surface area contributed by atoms with Gasteiger partial charge in [0.1, 0.15) is 17.2 Å². The summed E-state index contributed by atoms with van der Waals surface area (Å²) in [6.07, 6.45) is 5.34. The van der Waals surface area contributed by atoms with Crippen LogP contribution in [0.4, 0.5) is 13.6 Å². The Bertz CT molecular complexity index is 1030. The summed E-state index contributed by atoms with van der Waals surface area (Å²) in [7, 11) is 0. The minimum Gasteiger partial charge on any atom is -0.465 e. The fourth-order valence-corrected chi connectivity index (χ4v) is 4.13. The second-order valence-corrected chi connectivity index (χ2v) is 8.06. The van der Waals surface area contributed by atoms with E-state index in [2.05, 4.69) is 10.3 Å². The minimum absolute atomic E-state index is 0.0948. The third kappa shape index (κ3) is 4.06. The first-order valence-corrected chi connectivity index (χ1v) is 9.80. The summed E-state index contributed by atoms with van der Waals surface area (Å²) in [5.41, 5.74) is 0.456. The molecule has 1 saturated carbocycles. The first-order chi connectivity index (χ1) is 14.3. The first kappa shape index (κ1) is 20.1. The molecule has 1 aliphatic heterocycles. The van der Waals surface area contributed by atoms with Crippen LogP contribution >= 0.6 is 0 Å². The van der Waals surface area contributed by atoms with Crippen molar-refractivity contribution in [2.24, 2.45) is 4.99 Å². The molecule has 1 heterocycles. The topological polar surface area (TPSA) is 70.9 Å². The van der Waals surface area contributed by atoms with Crippen molar-refractivity contribution in [1.82, 2.24) is 5.32 Å². The molecule has 1 atom stereocenters. The van der Waals surface area contributed by atoms with Crippen molar-refractivity contribution in [3.8, 4) is 0 Å². The molecule has 2 aliphatic rings. The second-order valence-electron chi connectivity index (χ2n) is 8.06. The number of rotatable bonds is 3. The number of amides is 1. The molecule has 2 N–H and O–H groups in total. The molecule has 30 heavy (non-hydrogen) atoms. The largest absolute Gasteiger partial charge is 0.465 e. The van der Waals surface area contributed by atoms with Crippen LogP contribution in [-0.2, 0) is 10.3 Å². The lowest BCUT2D eigenvalue weighted by molar-refractivity contribution is -0.0604. The standard InChI is InChI=1S/C23H22F2N2O3/c1-22(14-23(11-2-12-23)30-20(27-22)26-21(28)29)18-13-16(7-10-19(18)25)4-3-15-5-8-17(24)9-6-15/h3-10,13H,2,11-12,14H2,1H3,(H,26,27)(H,28,29)/b4-3+/t22-/m0/s1. The van der Waals surface area contributed by atoms with Crippen LogP contribution in [-0.4, -0.2) is 22.8 Å². The van der Waals surface area contributed by atoms with E-state index >= 15 is 0 Å². The number of nitrogens with zero attached hydrogens (tertiary/aromatic N) is 1. The van der Waals surface area contributed by atoms with Gasteiger partial charge in [0, 0.05) is 12.0 Å². The molecule has 0 radical (unpaired) electrons. The van der Waals surface area contributed by atoms with E-state index in [4.69, 9.17) is 9.84 Å². The number of benzene rings is 2. The van der Waals surface area contributed by atoms with E-state index in [9.17, 15) is 13.6 Å². The van der Waals surface area contributed by atoms with E-state index in [0.717, 1.165) is 30.4 Å². The van der Waals surface area contributed by atoms with E-state index in [1.165, 1.54) is 18.2 Å². The summed E-state index contributed by atoms with van der Waals surface area (Å²) < 4.78 is 33.7. The van der Waals surface area contributed by atoms with Crippen LogP contribution in [0.15, 0.2) is 47.5 Å². The van der Waals surface area contributed by atoms with Gasteiger partial charge < -0.3 is 9.84 Å². The van der Waals surface area contributed by atoms with Gasteiger partial charge >= 0.3 is 6.09 Å². The summed E-state index contributed by atoms with van der Waals surface area (Å²) in [6, 6.07) is 10.7. The number of hydrogen-bond acceptors (Lipinski definition) is 3.